The monoisotopic (exact) mass is 471 g/mol. The first-order valence-corrected chi connectivity index (χ1v) is 10.9. The summed E-state index contributed by atoms with van der Waals surface area (Å²) in [5.41, 5.74) is 1.55. The summed E-state index contributed by atoms with van der Waals surface area (Å²) >= 11 is 0. The number of anilines is 1. The van der Waals surface area contributed by atoms with E-state index in [0.29, 0.717) is 39.3 Å². The second kappa shape index (κ2) is 8.98. The van der Waals surface area contributed by atoms with Gasteiger partial charge in [-0.1, -0.05) is 24.3 Å². The Labute approximate surface area is 200 Å². The molecule has 3 aromatic carbocycles. The number of hydrogen-bond donors (Lipinski definition) is 1. The highest BCUT2D eigenvalue weighted by Gasteiger charge is 2.44. The largest absolute Gasteiger partial charge is 0.497 e. The highest BCUT2D eigenvalue weighted by molar-refractivity contribution is 5.98. The van der Waals surface area contributed by atoms with Gasteiger partial charge >= 0.3 is 11.6 Å². The third-order valence-corrected chi connectivity index (χ3v) is 5.96. The van der Waals surface area contributed by atoms with E-state index in [-0.39, 0.29) is 5.56 Å². The van der Waals surface area contributed by atoms with Crippen molar-refractivity contribution in [1.29, 1.82) is 0 Å². The maximum atomic E-state index is 13.4. The van der Waals surface area contributed by atoms with Gasteiger partial charge in [-0.05, 0) is 54.1 Å². The molecule has 2 atom stereocenters. The Morgan fingerprint density at radius 3 is 2.31 bits per heavy atom. The number of rotatable bonds is 5. The molecule has 0 aliphatic carbocycles. The minimum Gasteiger partial charge on any atom is -0.497 e. The average Bonchev–Trinajstić information content (AvgIpc) is 3.31. The fourth-order valence-electron chi connectivity index (χ4n) is 4.26. The molecule has 1 amide bonds. The molecule has 1 aromatic heterocycles. The number of amides is 1. The van der Waals surface area contributed by atoms with Crippen LogP contribution in [0.15, 0.2) is 82.0 Å². The van der Waals surface area contributed by atoms with Gasteiger partial charge in [-0.15, -0.1) is 0 Å². The van der Waals surface area contributed by atoms with Gasteiger partial charge in [0.25, 0.3) is 5.91 Å². The van der Waals surface area contributed by atoms with Gasteiger partial charge in [0.2, 0.25) is 0 Å². The first-order valence-electron chi connectivity index (χ1n) is 10.9. The Morgan fingerprint density at radius 1 is 0.914 bits per heavy atom. The molecule has 0 saturated carbocycles. The first-order chi connectivity index (χ1) is 17.0. The van der Waals surface area contributed by atoms with Gasteiger partial charge in [-0.3, -0.25) is 4.79 Å². The van der Waals surface area contributed by atoms with Crippen molar-refractivity contribution in [3.05, 3.63) is 99.9 Å². The van der Waals surface area contributed by atoms with Gasteiger partial charge in [-0.25, -0.2) is 9.59 Å². The first kappa shape index (κ1) is 22.2. The number of carbonyl (C=O) groups excluding carboxylic acids is 2. The highest BCUT2D eigenvalue weighted by atomic mass is 16.5. The van der Waals surface area contributed by atoms with Gasteiger partial charge in [-0.2, -0.15) is 0 Å². The molecule has 8 heteroatoms. The molecule has 0 saturated heterocycles. The molecule has 1 N–H and O–H groups in total. The average molecular weight is 471 g/mol. The highest BCUT2D eigenvalue weighted by Crippen LogP contribution is 2.44. The van der Waals surface area contributed by atoms with E-state index in [4.69, 9.17) is 18.6 Å². The Kier molecular flexibility index (Phi) is 5.70. The van der Waals surface area contributed by atoms with Crippen LogP contribution in [0.5, 0.6) is 11.5 Å². The van der Waals surface area contributed by atoms with Gasteiger partial charge in [0.1, 0.15) is 17.1 Å². The van der Waals surface area contributed by atoms with E-state index in [1.54, 1.807) is 79.9 Å². The smallest absolute Gasteiger partial charge is 0.344 e. The van der Waals surface area contributed by atoms with Crippen molar-refractivity contribution in [2.75, 3.05) is 19.5 Å². The Bertz CT molecular complexity index is 1470. The summed E-state index contributed by atoms with van der Waals surface area (Å²) in [6, 6.07) is 20.4. The van der Waals surface area contributed by atoms with Gasteiger partial charge in [0.05, 0.1) is 36.7 Å². The van der Waals surface area contributed by atoms with Crippen molar-refractivity contribution in [2.24, 2.45) is 0 Å². The Morgan fingerprint density at radius 2 is 1.63 bits per heavy atom. The number of esters is 1. The zero-order chi connectivity index (χ0) is 24.5. The maximum Gasteiger partial charge on any atom is 0.344 e. The van der Waals surface area contributed by atoms with Crippen LogP contribution in [0.1, 0.15) is 27.4 Å². The van der Waals surface area contributed by atoms with Crippen molar-refractivity contribution < 1.29 is 28.2 Å². The summed E-state index contributed by atoms with van der Waals surface area (Å²) in [5, 5.41) is 3.45. The van der Waals surface area contributed by atoms with Crippen LogP contribution in [-0.2, 0) is 9.53 Å². The second-order valence-electron chi connectivity index (χ2n) is 7.98. The topological polar surface area (TPSA) is 104 Å². The van der Waals surface area contributed by atoms with Crippen molar-refractivity contribution in [3.63, 3.8) is 0 Å². The summed E-state index contributed by atoms with van der Waals surface area (Å²) < 4.78 is 21.6. The number of nitrogens with one attached hydrogen (secondary N) is 1. The van der Waals surface area contributed by atoms with Crippen LogP contribution >= 0.6 is 0 Å². The lowest BCUT2D eigenvalue weighted by Gasteiger charge is -2.19. The zero-order valence-corrected chi connectivity index (χ0v) is 18.9. The summed E-state index contributed by atoms with van der Waals surface area (Å²) in [6.45, 7) is 0. The molecule has 1 aliphatic rings. The molecule has 0 radical (unpaired) electrons. The molecule has 0 spiro atoms. The fraction of sp³-hybridized carbons (Fsp3) is 0.148. The molecule has 0 fully saturated rings. The number of hydrogen-bond acceptors (Lipinski definition) is 7. The minimum atomic E-state index is -1.05. The van der Waals surface area contributed by atoms with Crippen LogP contribution in [-0.4, -0.2) is 32.2 Å². The number of para-hydroxylation sites is 1. The van der Waals surface area contributed by atoms with E-state index in [1.165, 1.54) is 7.11 Å². The zero-order valence-electron chi connectivity index (χ0n) is 18.9. The lowest BCUT2D eigenvalue weighted by molar-refractivity contribution is -0.122. The third kappa shape index (κ3) is 3.99. The SMILES string of the molecule is COC(=O)c1ccc([C@H]2c3c(c4ccccc4oc3=O)O[C@@H]2C(=O)Nc2ccc(OC)cc2)cc1. The molecule has 5 rings (SSSR count). The van der Waals surface area contributed by atoms with E-state index in [0.717, 1.165) is 0 Å². The quantitative estimate of drug-likeness (QED) is 0.345. The normalized spacial score (nSPS) is 16.3. The number of methoxy groups -OCH3 is 2. The van der Waals surface area contributed by atoms with E-state index in [9.17, 15) is 14.4 Å². The molecule has 0 bridgehead atoms. The van der Waals surface area contributed by atoms with Crippen LogP contribution in [0.25, 0.3) is 11.0 Å². The molecule has 35 heavy (non-hydrogen) atoms. The molecule has 0 unspecified atom stereocenters. The molecule has 1 aliphatic heterocycles. The fourth-order valence-corrected chi connectivity index (χ4v) is 4.26. The van der Waals surface area contributed by atoms with Gasteiger partial charge in [0, 0.05) is 5.69 Å². The van der Waals surface area contributed by atoms with Crippen molar-refractivity contribution in [2.45, 2.75) is 12.0 Å². The summed E-state index contributed by atoms with van der Waals surface area (Å²) in [6.07, 6.45) is -1.05. The molecular weight excluding hydrogens is 450 g/mol. The van der Waals surface area contributed by atoms with Crippen LogP contribution in [0.2, 0.25) is 0 Å². The van der Waals surface area contributed by atoms with Gasteiger partial charge in [0.15, 0.2) is 6.10 Å². The Hall–Kier alpha value is -4.59. The van der Waals surface area contributed by atoms with Crippen molar-refractivity contribution >= 4 is 28.5 Å². The predicted molar refractivity (Wildman–Crippen MR) is 128 cm³/mol. The van der Waals surface area contributed by atoms with Crippen molar-refractivity contribution in [3.8, 4) is 11.5 Å². The molecular formula is C27H21NO7. The van der Waals surface area contributed by atoms with Crippen molar-refractivity contribution in [1.82, 2.24) is 0 Å². The number of carbonyl (C=O) groups is 2. The molecule has 8 nitrogen and oxygen atoms in total. The van der Waals surface area contributed by atoms with E-state index in [2.05, 4.69) is 5.32 Å². The Balaban J connectivity index is 1.58. The minimum absolute atomic E-state index is 0.254. The van der Waals surface area contributed by atoms with Crippen LogP contribution in [0.3, 0.4) is 0 Å². The maximum absolute atomic E-state index is 13.4. The predicted octanol–water partition coefficient (Wildman–Crippen LogP) is 4.12. The second-order valence-corrected chi connectivity index (χ2v) is 7.98. The molecule has 4 aromatic rings. The molecule has 176 valence electrons. The standard InChI is InChI=1S/C27H21NO7/c1-32-18-13-11-17(12-14-18)28-25(29)24-21(15-7-9-16(10-8-15)26(30)33-2)22-23(35-24)19-5-3-4-6-20(19)34-27(22)31/h3-14,21,24H,1-2H3,(H,28,29)/t21-,24-/m0/s1. The summed E-state index contributed by atoms with van der Waals surface area (Å²) in [5.74, 6) is -0.708. The van der Waals surface area contributed by atoms with E-state index >= 15 is 0 Å². The summed E-state index contributed by atoms with van der Waals surface area (Å²) in [4.78, 5) is 38.4. The molecule has 2 heterocycles. The van der Waals surface area contributed by atoms with Crippen LogP contribution < -0.4 is 20.4 Å². The number of ether oxygens (including phenoxy) is 3. The van der Waals surface area contributed by atoms with E-state index in [1.807, 2.05) is 0 Å². The van der Waals surface area contributed by atoms with Gasteiger partial charge < -0.3 is 23.9 Å². The van der Waals surface area contributed by atoms with E-state index < -0.39 is 29.5 Å². The van der Waals surface area contributed by atoms with Crippen LogP contribution in [0.4, 0.5) is 5.69 Å². The van der Waals surface area contributed by atoms with Crippen LogP contribution in [0, 0.1) is 0 Å². The lowest BCUT2D eigenvalue weighted by atomic mass is 9.87. The number of fused-ring (bicyclic) bond motifs is 3. The summed E-state index contributed by atoms with van der Waals surface area (Å²) in [7, 11) is 2.86. The number of benzene rings is 3. The lowest BCUT2D eigenvalue weighted by Crippen LogP contribution is -2.35. The third-order valence-electron chi connectivity index (χ3n) is 5.96.